The summed E-state index contributed by atoms with van der Waals surface area (Å²) < 4.78 is 24.4. The highest BCUT2D eigenvalue weighted by molar-refractivity contribution is 5.95. The van der Waals surface area contributed by atoms with E-state index in [1.807, 2.05) is 6.07 Å². The number of nitrogens with one attached hydrogen (secondary N) is 1. The van der Waals surface area contributed by atoms with E-state index in [0.717, 1.165) is 24.8 Å². The molecule has 0 unspecified atom stereocenters. The number of aromatic nitrogens is 1. The molecular formula is C21H19FN2O3. The summed E-state index contributed by atoms with van der Waals surface area (Å²) in [6.45, 7) is 0.301. The Labute approximate surface area is 156 Å². The molecule has 1 saturated carbocycles. The van der Waals surface area contributed by atoms with E-state index < -0.39 is 0 Å². The molecule has 1 fully saturated rings. The molecule has 1 aliphatic carbocycles. The van der Waals surface area contributed by atoms with Gasteiger partial charge in [-0.3, -0.25) is 4.79 Å². The normalized spacial score (nSPS) is 13.8. The van der Waals surface area contributed by atoms with Crippen molar-refractivity contribution < 1.29 is 18.3 Å². The van der Waals surface area contributed by atoms with E-state index in [2.05, 4.69) is 10.3 Å². The van der Waals surface area contributed by atoms with Crippen molar-refractivity contribution in [1.29, 1.82) is 0 Å². The molecule has 0 radical (unpaired) electrons. The van der Waals surface area contributed by atoms with E-state index in [9.17, 15) is 9.18 Å². The first-order chi connectivity index (χ1) is 13.2. The molecule has 0 aliphatic heterocycles. The maximum atomic E-state index is 13.0. The first-order valence-corrected chi connectivity index (χ1v) is 8.92. The maximum Gasteiger partial charge on any atom is 0.253 e. The molecule has 1 aliphatic rings. The third-order valence-electron chi connectivity index (χ3n) is 4.60. The van der Waals surface area contributed by atoms with Gasteiger partial charge in [0.05, 0.1) is 17.4 Å². The number of benzene rings is 1. The van der Waals surface area contributed by atoms with Crippen LogP contribution < -0.4 is 10.1 Å². The molecule has 1 amide bonds. The van der Waals surface area contributed by atoms with Gasteiger partial charge in [0.25, 0.3) is 5.91 Å². The second-order valence-corrected chi connectivity index (χ2v) is 6.53. The average molecular weight is 366 g/mol. The van der Waals surface area contributed by atoms with E-state index in [1.165, 1.54) is 18.3 Å². The molecule has 2 aromatic heterocycles. The second kappa shape index (κ2) is 7.61. The molecule has 1 N–H and O–H groups in total. The molecule has 6 heteroatoms. The fraction of sp³-hybridized carbons (Fsp3) is 0.238. The van der Waals surface area contributed by atoms with Crippen LogP contribution >= 0.6 is 0 Å². The lowest BCUT2D eigenvalue weighted by molar-refractivity contribution is 0.0950. The Hall–Kier alpha value is -3.15. The summed E-state index contributed by atoms with van der Waals surface area (Å²) in [6, 6.07) is 11.3. The molecule has 3 aromatic rings. The lowest BCUT2D eigenvalue weighted by Gasteiger charge is -2.26. The topological polar surface area (TPSA) is 64.4 Å². The summed E-state index contributed by atoms with van der Waals surface area (Å²) in [7, 11) is 0. The third kappa shape index (κ3) is 4.00. The second-order valence-electron chi connectivity index (χ2n) is 6.53. The zero-order valence-corrected chi connectivity index (χ0v) is 14.7. The summed E-state index contributed by atoms with van der Waals surface area (Å²) >= 11 is 0. The first-order valence-electron chi connectivity index (χ1n) is 8.92. The van der Waals surface area contributed by atoms with Crippen LogP contribution in [0.3, 0.4) is 0 Å². The van der Waals surface area contributed by atoms with Crippen molar-refractivity contribution in [2.24, 2.45) is 0 Å². The minimum Gasteiger partial charge on any atom is -0.474 e. The monoisotopic (exact) mass is 366 g/mol. The Morgan fingerprint density at radius 1 is 1.26 bits per heavy atom. The Bertz CT molecular complexity index is 919. The Balaban J connectivity index is 1.52. The smallest absolute Gasteiger partial charge is 0.253 e. The fourth-order valence-electron chi connectivity index (χ4n) is 2.81. The van der Waals surface area contributed by atoms with E-state index >= 15 is 0 Å². The number of pyridine rings is 1. The third-order valence-corrected chi connectivity index (χ3v) is 4.60. The standard InChI is InChI=1S/C21H19FN2O3/c22-16-8-6-14(7-9-16)12-23-20(25)15-11-18(19-5-2-10-26-19)21(24-13-15)27-17-3-1-4-17/h2,5-11,13,17H,1,3-4,12H2,(H,23,25). The number of carbonyl (C=O) groups excluding carboxylic acids is 1. The molecule has 0 spiro atoms. The maximum absolute atomic E-state index is 13.0. The van der Waals surface area contributed by atoms with E-state index in [1.54, 1.807) is 30.5 Å². The van der Waals surface area contributed by atoms with E-state index in [4.69, 9.17) is 9.15 Å². The first kappa shape index (κ1) is 17.3. The number of nitrogens with zero attached hydrogens (tertiary/aromatic N) is 1. The van der Waals surface area contributed by atoms with Crippen molar-refractivity contribution in [3.63, 3.8) is 0 Å². The van der Waals surface area contributed by atoms with Gasteiger partial charge in [-0.05, 0) is 55.2 Å². The number of rotatable bonds is 6. The van der Waals surface area contributed by atoms with Crippen LogP contribution in [0.5, 0.6) is 5.88 Å². The molecule has 5 nitrogen and oxygen atoms in total. The molecular weight excluding hydrogens is 347 g/mol. The minimum absolute atomic E-state index is 0.171. The van der Waals surface area contributed by atoms with Gasteiger partial charge in [0.2, 0.25) is 5.88 Å². The summed E-state index contributed by atoms with van der Waals surface area (Å²) in [5.41, 5.74) is 1.87. The van der Waals surface area contributed by atoms with Crippen molar-refractivity contribution in [1.82, 2.24) is 10.3 Å². The number of amides is 1. The van der Waals surface area contributed by atoms with Gasteiger partial charge >= 0.3 is 0 Å². The van der Waals surface area contributed by atoms with Crippen LogP contribution in [0.4, 0.5) is 4.39 Å². The average Bonchev–Trinajstić information content (AvgIpc) is 3.18. The van der Waals surface area contributed by atoms with E-state index in [0.29, 0.717) is 29.3 Å². The van der Waals surface area contributed by atoms with Crippen LogP contribution in [-0.2, 0) is 6.54 Å². The van der Waals surface area contributed by atoms with Gasteiger partial charge in [-0.15, -0.1) is 0 Å². The summed E-state index contributed by atoms with van der Waals surface area (Å²) in [6.07, 6.45) is 6.43. The highest BCUT2D eigenvalue weighted by Gasteiger charge is 2.23. The Morgan fingerprint density at radius 2 is 2.07 bits per heavy atom. The largest absolute Gasteiger partial charge is 0.474 e. The SMILES string of the molecule is O=C(NCc1ccc(F)cc1)c1cnc(OC2CCC2)c(-c2ccco2)c1. The van der Waals surface area contributed by atoms with Crippen LogP contribution in [-0.4, -0.2) is 17.0 Å². The number of carbonyl (C=O) groups is 1. The quantitative estimate of drug-likeness (QED) is 0.705. The van der Waals surface area contributed by atoms with Gasteiger partial charge in [-0.2, -0.15) is 0 Å². The highest BCUT2D eigenvalue weighted by Crippen LogP contribution is 2.33. The number of halogens is 1. The zero-order valence-electron chi connectivity index (χ0n) is 14.7. The van der Waals surface area contributed by atoms with Gasteiger partial charge in [0, 0.05) is 12.7 Å². The highest BCUT2D eigenvalue weighted by atomic mass is 19.1. The fourth-order valence-corrected chi connectivity index (χ4v) is 2.81. The summed E-state index contributed by atoms with van der Waals surface area (Å²) in [5.74, 6) is 0.504. The Morgan fingerprint density at radius 3 is 2.74 bits per heavy atom. The molecule has 2 heterocycles. The summed E-state index contributed by atoms with van der Waals surface area (Å²) in [4.78, 5) is 16.9. The van der Waals surface area contributed by atoms with Crippen molar-refractivity contribution in [2.75, 3.05) is 0 Å². The predicted octanol–water partition coefficient (Wildman–Crippen LogP) is 4.34. The number of hydrogen-bond acceptors (Lipinski definition) is 4. The minimum atomic E-state index is -0.306. The van der Waals surface area contributed by atoms with Gasteiger partial charge in [-0.25, -0.2) is 9.37 Å². The number of ether oxygens (including phenoxy) is 1. The molecule has 0 saturated heterocycles. The number of furan rings is 1. The van der Waals surface area contributed by atoms with Crippen molar-refractivity contribution in [3.05, 3.63) is 71.9 Å². The van der Waals surface area contributed by atoms with Crippen LogP contribution in [0.25, 0.3) is 11.3 Å². The van der Waals surface area contributed by atoms with Crippen molar-refractivity contribution in [2.45, 2.75) is 31.9 Å². The van der Waals surface area contributed by atoms with Gasteiger partial charge in [0.1, 0.15) is 17.7 Å². The molecule has 27 heavy (non-hydrogen) atoms. The van der Waals surface area contributed by atoms with Crippen LogP contribution in [0.15, 0.2) is 59.3 Å². The molecule has 4 rings (SSSR count). The van der Waals surface area contributed by atoms with Crippen LogP contribution in [0.2, 0.25) is 0 Å². The molecule has 0 bridgehead atoms. The molecule has 0 atom stereocenters. The lowest BCUT2D eigenvalue weighted by Crippen LogP contribution is -2.26. The van der Waals surface area contributed by atoms with Crippen molar-refractivity contribution in [3.8, 4) is 17.2 Å². The predicted molar refractivity (Wildman–Crippen MR) is 97.8 cm³/mol. The van der Waals surface area contributed by atoms with Gasteiger partial charge < -0.3 is 14.5 Å². The summed E-state index contributed by atoms with van der Waals surface area (Å²) in [5, 5.41) is 2.82. The number of hydrogen-bond donors (Lipinski definition) is 1. The van der Waals surface area contributed by atoms with Gasteiger partial charge in [0.15, 0.2) is 0 Å². The lowest BCUT2D eigenvalue weighted by atomic mass is 9.96. The van der Waals surface area contributed by atoms with Gasteiger partial charge in [-0.1, -0.05) is 12.1 Å². The Kier molecular flexibility index (Phi) is 4.87. The molecule has 1 aromatic carbocycles. The van der Waals surface area contributed by atoms with Crippen LogP contribution in [0.1, 0.15) is 35.2 Å². The van der Waals surface area contributed by atoms with Crippen LogP contribution in [0, 0.1) is 5.82 Å². The zero-order chi connectivity index (χ0) is 18.6. The van der Waals surface area contributed by atoms with Crippen molar-refractivity contribution >= 4 is 5.91 Å². The van der Waals surface area contributed by atoms with E-state index in [-0.39, 0.29) is 17.8 Å². The molecule has 138 valence electrons.